The number of nitrogens with one attached hydrogen (secondary N) is 1. The topological polar surface area (TPSA) is 56.4 Å². The number of H-pyrrole nitrogens is 1. The first-order valence-electron chi connectivity index (χ1n) is 8.65. The molecule has 1 saturated carbocycles. The van der Waals surface area contributed by atoms with E-state index < -0.39 is 0 Å². The first-order chi connectivity index (χ1) is 11.5. The molecule has 0 atom stereocenters. The summed E-state index contributed by atoms with van der Waals surface area (Å²) in [5, 5.41) is 1.17. The molecule has 2 aliphatic rings. The molecule has 2 fully saturated rings. The van der Waals surface area contributed by atoms with E-state index in [1.165, 1.54) is 10.9 Å². The number of aromatic amines is 1. The lowest BCUT2D eigenvalue weighted by Crippen LogP contribution is -2.52. The van der Waals surface area contributed by atoms with E-state index in [9.17, 15) is 9.59 Å². The van der Waals surface area contributed by atoms with E-state index in [1.807, 2.05) is 21.9 Å². The molecule has 2 aromatic rings. The van der Waals surface area contributed by atoms with Crippen LogP contribution in [0.1, 0.15) is 31.0 Å². The Morgan fingerprint density at radius 2 is 1.67 bits per heavy atom. The van der Waals surface area contributed by atoms with Gasteiger partial charge in [0.15, 0.2) is 0 Å². The zero-order chi connectivity index (χ0) is 16.9. The molecule has 0 unspecified atom stereocenters. The number of amides is 2. The van der Waals surface area contributed by atoms with Crippen molar-refractivity contribution in [2.45, 2.75) is 32.1 Å². The number of carbonyl (C=O) groups is 2. The summed E-state index contributed by atoms with van der Waals surface area (Å²) in [6, 6.07) is 8.23. The summed E-state index contributed by atoms with van der Waals surface area (Å²) in [6.07, 6.45) is 1.84. The van der Waals surface area contributed by atoms with Crippen molar-refractivity contribution in [1.82, 2.24) is 14.8 Å². The van der Waals surface area contributed by atoms with Gasteiger partial charge in [0.1, 0.15) is 0 Å². The molecule has 24 heavy (non-hydrogen) atoms. The SMILES string of the molecule is CC(=O)N1CCN(C(=O)C2(c3c(C)[nH]c4ccccc34)CC2)CC1. The normalized spacial score (nSPS) is 19.6. The van der Waals surface area contributed by atoms with Crippen LogP contribution in [0.3, 0.4) is 0 Å². The number of fused-ring (bicyclic) bond motifs is 1. The third-order valence-corrected chi connectivity index (χ3v) is 5.54. The van der Waals surface area contributed by atoms with E-state index >= 15 is 0 Å². The Morgan fingerprint density at radius 1 is 1.04 bits per heavy atom. The minimum atomic E-state index is -0.359. The van der Waals surface area contributed by atoms with Crippen LogP contribution in [-0.4, -0.2) is 52.8 Å². The maximum atomic E-state index is 13.3. The average molecular weight is 325 g/mol. The summed E-state index contributed by atoms with van der Waals surface area (Å²) in [7, 11) is 0. The number of hydrogen-bond donors (Lipinski definition) is 1. The van der Waals surface area contributed by atoms with E-state index in [-0.39, 0.29) is 17.2 Å². The van der Waals surface area contributed by atoms with Gasteiger partial charge in [-0.2, -0.15) is 0 Å². The molecule has 2 heterocycles. The number of aryl methyl sites for hydroxylation is 1. The fourth-order valence-corrected chi connectivity index (χ4v) is 4.12. The molecule has 0 radical (unpaired) electrons. The first kappa shape index (κ1) is 15.2. The largest absolute Gasteiger partial charge is 0.358 e. The summed E-state index contributed by atoms with van der Waals surface area (Å²) < 4.78 is 0. The Labute approximate surface area is 141 Å². The highest BCUT2D eigenvalue weighted by atomic mass is 16.2. The Balaban J connectivity index is 1.62. The van der Waals surface area contributed by atoms with Gasteiger partial charge in [0.05, 0.1) is 5.41 Å². The highest BCUT2D eigenvalue weighted by Gasteiger charge is 2.55. The predicted octanol–water partition coefficient (Wildman–Crippen LogP) is 2.20. The summed E-state index contributed by atoms with van der Waals surface area (Å²) in [5.41, 5.74) is 3.02. The number of para-hydroxylation sites is 1. The second-order valence-corrected chi connectivity index (χ2v) is 7.05. The maximum Gasteiger partial charge on any atom is 0.233 e. The third kappa shape index (κ3) is 2.22. The smallest absolute Gasteiger partial charge is 0.233 e. The number of benzene rings is 1. The minimum Gasteiger partial charge on any atom is -0.358 e. The van der Waals surface area contributed by atoms with Crippen LogP contribution >= 0.6 is 0 Å². The fourth-order valence-electron chi connectivity index (χ4n) is 4.12. The molecule has 5 heteroatoms. The van der Waals surface area contributed by atoms with Gasteiger partial charge in [-0.05, 0) is 31.4 Å². The van der Waals surface area contributed by atoms with Gasteiger partial charge < -0.3 is 14.8 Å². The lowest BCUT2D eigenvalue weighted by molar-refractivity contribution is -0.140. The second kappa shape index (κ2) is 5.36. The highest BCUT2D eigenvalue weighted by molar-refractivity contribution is 5.98. The molecule has 0 spiro atoms. The van der Waals surface area contributed by atoms with Crippen LogP contribution in [0.25, 0.3) is 10.9 Å². The molecule has 4 rings (SSSR count). The first-order valence-corrected chi connectivity index (χ1v) is 8.65. The maximum absolute atomic E-state index is 13.3. The Morgan fingerprint density at radius 3 is 2.29 bits per heavy atom. The highest BCUT2D eigenvalue weighted by Crippen LogP contribution is 2.53. The molecule has 1 aliphatic carbocycles. The predicted molar refractivity (Wildman–Crippen MR) is 92.8 cm³/mol. The monoisotopic (exact) mass is 325 g/mol. The molecule has 1 aromatic heterocycles. The molecule has 1 aromatic carbocycles. The molecule has 0 bridgehead atoms. The summed E-state index contributed by atoms with van der Waals surface area (Å²) in [5.74, 6) is 0.328. The Kier molecular flexibility index (Phi) is 3.41. The molecular formula is C19H23N3O2. The van der Waals surface area contributed by atoms with Gasteiger partial charge in [-0.15, -0.1) is 0 Å². The quantitative estimate of drug-likeness (QED) is 0.920. The number of nitrogens with zero attached hydrogens (tertiary/aromatic N) is 2. The van der Waals surface area contributed by atoms with Gasteiger partial charge >= 0.3 is 0 Å². The number of aromatic nitrogens is 1. The molecule has 1 aliphatic heterocycles. The van der Waals surface area contributed by atoms with Gasteiger partial charge in [-0.1, -0.05) is 18.2 Å². The van der Waals surface area contributed by atoms with Crippen molar-refractivity contribution in [3.05, 3.63) is 35.5 Å². The number of hydrogen-bond acceptors (Lipinski definition) is 2. The van der Waals surface area contributed by atoms with Crippen molar-refractivity contribution < 1.29 is 9.59 Å². The standard InChI is InChI=1S/C19H23N3O2/c1-13-17(15-5-3-4-6-16(15)20-13)19(7-8-19)18(24)22-11-9-21(10-12-22)14(2)23/h3-6,20H,7-12H2,1-2H3. The van der Waals surface area contributed by atoms with E-state index in [2.05, 4.69) is 24.0 Å². The van der Waals surface area contributed by atoms with Gasteiger partial charge in [0.25, 0.3) is 0 Å². The van der Waals surface area contributed by atoms with E-state index in [1.54, 1.807) is 6.92 Å². The van der Waals surface area contributed by atoms with Crippen LogP contribution in [0.15, 0.2) is 24.3 Å². The zero-order valence-electron chi connectivity index (χ0n) is 14.3. The van der Waals surface area contributed by atoms with Crippen molar-refractivity contribution in [3.8, 4) is 0 Å². The van der Waals surface area contributed by atoms with Gasteiger partial charge in [-0.3, -0.25) is 9.59 Å². The van der Waals surface area contributed by atoms with Crippen LogP contribution < -0.4 is 0 Å². The van der Waals surface area contributed by atoms with E-state index in [0.717, 1.165) is 24.1 Å². The number of carbonyl (C=O) groups excluding carboxylic acids is 2. The fraction of sp³-hybridized carbons (Fsp3) is 0.474. The molecule has 2 amide bonds. The van der Waals surface area contributed by atoms with Gasteiger partial charge in [0.2, 0.25) is 11.8 Å². The van der Waals surface area contributed by atoms with Gasteiger partial charge in [0, 0.05) is 49.7 Å². The number of rotatable bonds is 2. The lowest BCUT2D eigenvalue weighted by Gasteiger charge is -2.36. The van der Waals surface area contributed by atoms with E-state index in [0.29, 0.717) is 26.2 Å². The molecule has 1 saturated heterocycles. The summed E-state index contributed by atoms with van der Waals surface area (Å²) >= 11 is 0. The van der Waals surface area contributed by atoms with Crippen LogP contribution in [0.4, 0.5) is 0 Å². The van der Waals surface area contributed by atoms with Crippen molar-refractivity contribution in [2.75, 3.05) is 26.2 Å². The second-order valence-electron chi connectivity index (χ2n) is 7.05. The summed E-state index contributed by atoms with van der Waals surface area (Å²) in [4.78, 5) is 31.9. The van der Waals surface area contributed by atoms with E-state index in [4.69, 9.17) is 0 Å². The van der Waals surface area contributed by atoms with Crippen LogP contribution in [0, 0.1) is 6.92 Å². The average Bonchev–Trinajstić information content (AvgIpc) is 3.30. The minimum absolute atomic E-state index is 0.0932. The third-order valence-electron chi connectivity index (χ3n) is 5.54. The van der Waals surface area contributed by atoms with Crippen molar-refractivity contribution in [2.24, 2.45) is 0 Å². The number of piperazine rings is 1. The van der Waals surface area contributed by atoms with Crippen molar-refractivity contribution >= 4 is 22.7 Å². The summed E-state index contributed by atoms with van der Waals surface area (Å²) in [6.45, 7) is 6.22. The van der Waals surface area contributed by atoms with Gasteiger partial charge in [-0.25, -0.2) is 0 Å². The van der Waals surface area contributed by atoms with Crippen molar-refractivity contribution in [3.63, 3.8) is 0 Å². The van der Waals surface area contributed by atoms with Crippen LogP contribution in [0.2, 0.25) is 0 Å². The lowest BCUT2D eigenvalue weighted by atomic mass is 9.91. The van der Waals surface area contributed by atoms with Crippen LogP contribution in [-0.2, 0) is 15.0 Å². The Hall–Kier alpha value is -2.30. The van der Waals surface area contributed by atoms with Crippen molar-refractivity contribution in [1.29, 1.82) is 0 Å². The molecule has 5 nitrogen and oxygen atoms in total. The molecule has 1 N–H and O–H groups in total. The zero-order valence-corrected chi connectivity index (χ0v) is 14.3. The molecule has 126 valence electrons. The molecular weight excluding hydrogens is 302 g/mol. The van der Waals surface area contributed by atoms with Crippen LogP contribution in [0.5, 0.6) is 0 Å². The Bertz CT molecular complexity index is 811.